The Hall–Kier alpha value is -3.04. The maximum Gasteiger partial charge on any atom is 0.305 e. The first-order chi connectivity index (χ1) is 12.7. The van der Waals surface area contributed by atoms with Crippen molar-refractivity contribution in [3.63, 3.8) is 0 Å². The van der Waals surface area contributed by atoms with Gasteiger partial charge in [-0.2, -0.15) is 0 Å². The molecule has 3 aromatic heterocycles. The monoisotopic (exact) mass is 358 g/mol. The molecule has 3 heterocycles. The number of nitrogen functional groups attached to an aromatic ring is 1. The fraction of sp³-hybridized carbons (Fsp3) is 0.500. The maximum atomic E-state index is 11.3. The molecule has 0 saturated carbocycles. The van der Waals surface area contributed by atoms with E-state index in [9.17, 15) is 4.79 Å². The molecule has 3 rings (SSSR count). The quantitative estimate of drug-likeness (QED) is 0.446. The summed E-state index contributed by atoms with van der Waals surface area (Å²) in [6.07, 6.45) is 8.16. The number of nitrogens with zero attached hydrogens (tertiary/aromatic N) is 7. The van der Waals surface area contributed by atoms with Crippen molar-refractivity contribution in [2.75, 3.05) is 12.3 Å². The largest absolute Gasteiger partial charge is 0.466 e. The van der Waals surface area contributed by atoms with Gasteiger partial charge >= 0.3 is 5.97 Å². The molecule has 2 N–H and O–H groups in total. The lowest BCUT2D eigenvalue weighted by atomic mass is 10.2. The molecule has 0 bridgehead atoms. The van der Waals surface area contributed by atoms with Gasteiger partial charge in [-0.1, -0.05) is 11.6 Å². The molecule has 0 spiro atoms. The molecule has 0 saturated heterocycles. The minimum Gasteiger partial charge on any atom is -0.466 e. The Balaban J connectivity index is 1.49. The van der Waals surface area contributed by atoms with Gasteiger partial charge in [0.2, 0.25) is 0 Å². The number of aromatic nitrogens is 7. The Labute approximate surface area is 150 Å². The Bertz CT molecular complexity index is 872. The van der Waals surface area contributed by atoms with Crippen molar-refractivity contribution < 1.29 is 9.53 Å². The van der Waals surface area contributed by atoms with Crippen molar-refractivity contribution in [3.05, 3.63) is 24.5 Å². The second-order valence-corrected chi connectivity index (χ2v) is 5.89. The molecule has 0 aliphatic heterocycles. The zero-order chi connectivity index (χ0) is 18.4. The van der Waals surface area contributed by atoms with E-state index in [0.717, 1.165) is 31.5 Å². The van der Waals surface area contributed by atoms with Crippen molar-refractivity contribution in [2.45, 2.75) is 45.7 Å². The van der Waals surface area contributed by atoms with E-state index in [4.69, 9.17) is 10.5 Å². The van der Waals surface area contributed by atoms with Crippen LogP contribution in [0.3, 0.4) is 0 Å². The molecule has 0 atom stereocenters. The second-order valence-electron chi connectivity index (χ2n) is 5.89. The fourth-order valence-electron chi connectivity index (χ4n) is 2.66. The van der Waals surface area contributed by atoms with Crippen LogP contribution >= 0.6 is 0 Å². The number of esters is 1. The molecule has 0 aliphatic carbocycles. The van der Waals surface area contributed by atoms with Crippen LogP contribution in [0.15, 0.2) is 18.9 Å². The minimum absolute atomic E-state index is 0.132. The molecule has 3 aromatic rings. The molecule has 0 radical (unpaired) electrons. The smallest absolute Gasteiger partial charge is 0.305 e. The third kappa shape index (κ3) is 4.32. The van der Waals surface area contributed by atoms with Gasteiger partial charge in [-0.05, 0) is 19.8 Å². The molecule has 26 heavy (non-hydrogen) atoms. The minimum atomic E-state index is -0.132. The van der Waals surface area contributed by atoms with Gasteiger partial charge < -0.3 is 15.0 Å². The van der Waals surface area contributed by atoms with E-state index in [1.807, 2.05) is 22.4 Å². The number of hydrogen-bond donors (Lipinski definition) is 1. The van der Waals surface area contributed by atoms with Crippen LogP contribution in [0, 0.1) is 0 Å². The number of carbonyl (C=O) groups excluding carboxylic acids is 1. The van der Waals surface area contributed by atoms with Crippen LogP contribution in [0.25, 0.3) is 11.2 Å². The van der Waals surface area contributed by atoms with Gasteiger partial charge in [-0.25, -0.2) is 15.0 Å². The highest BCUT2D eigenvalue weighted by molar-refractivity contribution is 5.81. The molecule has 10 nitrogen and oxygen atoms in total. The Morgan fingerprint density at radius 2 is 2.12 bits per heavy atom. The van der Waals surface area contributed by atoms with Crippen molar-refractivity contribution in [1.29, 1.82) is 0 Å². The first-order valence-corrected chi connectivity index (χ1v) is 8.63. The van der Waals surface area contributed by atoms with Crippen molar-refractivity contribution >= 4 is 23.0 Å². The normalized spacial score (nSPS) is 11.1. The molecular formula is C16H22N8O2. The molecular weight excluding hydrogens is 336 g/mol. The summed E-state index contributed by atoms with van der Waals surface area (Å²) in [4.78, 5) is 23.7. The Morgan fingerprint density at radius 1 is 1.23 bits per heavy atom. The molecule has 0 aromatic carbocycles. The lowest BCUT2D eigenvalue weighted by Gasteiger charge is -2.02. The number of fused-ring (bicyclic) bond motifs is 1. The zero-order valence-electron chi connectivity index (χ0n) is 14.7. The molecule has 138 valence electrons. The number of imidazole rings is 1. The van der Waals surface area contributed by atoms with Crippen LogP contribution < -0.4 is 5.73 Å². The van der Waals surface area contributed by atoms with E-state index in [0.29, 0.717) is 36.6 Å². The Morgan fingerprint density at radius 3 is 2.96 bits per heavy atom. The van der Waals surface area contributed by atoms with Gasteiger partial charge in [-0.15, -0.1) is 5.10 Å². The summed E-state index contributed by atoms with van der Waals surface area (Å²) >= 11 is 0. The molecule has 10 heteroatoms. The topological polar surface area (TPSA) is 127 Å². The Kier molecular flexibility index (Phi) is 5.72. The van der Waals surface area contributed by atoms with Crippen LogP contribution in [0.5, 0.6) is 0 Å². The number of rotatable bonds is 9. The fourth-order valence-corrected chi connectivity index (χ4v) is 2.66. The first kappa shape index (κ1) is 17.8. The van der Waals surface area contributed by atoms with Gasteiger partial charge in [0.25, 0.3) is 0 Å². The summed E-state index contributed by atoms with van der Waals surface area (Å²) in [5, 5.41) is 8.33. The molecule has 0 amide bonds. The van der Waals surface area contributed by atoms with E-state index in [1.165, 1.54) is 6.33 Å². The van der Waals surface area contributed by atoms with E-state index in [-0.39, 0.29) is 5.97 Å². The van der Waals surface area contributed by atoms with Gasteiger partial charge in [0.1, 0.15) is 17.5 Å². The number of aryl methyl sites for hydroxylation is 1. The number of ether oxygens (including phenoxy) is 1. The van der Waals surface area contributed by atoms with E-state index in [1.54, 1.807) is 6.33 Å². The predicted octanol–water partition coefficient (Wildman–Crippen LogP) is 1.17. The van der Waals surface area contributed by atoms with Gasteiger partial charge in [0.15, 0.2) is 11.5 Å². The zero-order valence-corrected chi connectivity index (χ0v) is 14.7. The summed E-state index contributed by atoms with van der Waals surface area (Å²) in [7, 11) is 0. The first-order valence-electron chi connectivity index (χ1n) is 8.63. The van der Waals surface area contributed by atoms with Crippen molar-refractivity contribution in [3.8, 4) is 0 Å². The number of carbonyl (C=O) groups is 1. The van der Waals surface area contributed by atoms with Crippen molar-refractivity contribution in [1.82, 2.24) is 34.5 Å². The maximum absolute atomic E-state index is 11.3. The highest BCUT2D eigenvalue weighted by Gasteiger charge is 2.10. The summed E-state index contributed by atoms with van der Waals surface area (Å²) in [5.74, 6) is 0.229. The van der Waals surface area contributed by atoms with Crippen LogP contribution in [0.1, 0.15) is 38.3 Å². The summed E-state index contributed by atoms with van der Waals surface area (Å²) in [6.45, 7) is 3.52. The predicted molar refractivity (Wildman–Crippen MR) is 94.0 cm³/mol. The van der Waals surface area contributed by atoms with Crippen molar-refractivity contribution in [2.24, 2.45) is 0 Å². The van der Waals surface area contributed by atoms with E-state index < -0.39 is 0 Å². The number of nitrogens with two attached hydrogens (primary N) is 1. The van der Waals surface area contributed by atoms with E-state index >= 15 is 0 Å². The SMILES string of the molecule is CCOC(=O)CCCCCn1cc(Cn2cnc3c(N)ncnc32)nn1. The lowest BCUT2D eigenvalue weighted by molar-refractivity contribution is -0.143. The summed E-state index contributed by atoms with van der Waals surface area (Å²) < 4.78 is 8.58. The number of anilines is 1. The third-order valence-electron chi connectivity index (χ3n) is 3.92. The summed E-state index contributed by atoms with van der Waals surface area (Å²) in [5.41, 5.74) is 7.86. The van der Waals surface area contributed by atoms with Crippen LogP contribution in [-0.2, 0) is 22.6 Å². The van der Waals surface area contributed by atoms with Gasteiger partial charge in [0.05, 0.1) is 25.7 Å². The van der Waals surface area contributed by atoms with Crippen LogP contribution in [0.2, 0.25) is 0 Å². The highest BCUT2D eigenvalue weighted by Crippen LogP contribution is 2.15. The third-order valence-corrected chi connectivity index (χ3v) is 3.92. The van der Waals surface area contributed by atoms with Gasteiger partial charge in [0, 0.05) is 13.0 Å². The number of hydrogen-bond acceptors (Lipinski definition) is 8. The number of unbranched alkanes of at least 4 members (excludes halogenated alkanes) is 2. The van der Waals surface area contributed by atoms with Gasteiger partial charge in [-0.3, -0.25) is 9.48 Å². The average Bonchev–Trinajstić information content (AvgIpc) is 3.23. The molecule has 0 unspecified atom stereocenters. The molecule has 0 fully saturated rings. The highest BCUT2D eigenvalue weighted by atomic mass is 16.5. The van der Waals surface area contributed by atoms with Crippen LogP contribution in [-0.4, -0.2) is 47.1 Å². The van der Waals surface area contributed by atoms with E-state index in [2.05, 4.69) is 25.3 Å². The molecule has 0 aliphatic rings. The standard InChI is InChI=1S/C16H22N8O2/c1-2-26-13(25)6-4-3-5-7-24-9-12(21-22-24)8-23-11-20-14-15(17)18-10-19-16(14)23/h9-11H,2-8H2,1H3,(H2,17,18,19). The second kappa shape index (κ2) is 8.37. The average molecular weight is 358 g/mol. The van der Waals surface area contributed by atoms with Crippen LogP contribution in [0.4, 0.5) is 5.82 Å². The summed E-state index contributed by atoms with van der Waals surface area (Å²) in [6, 6.07) is 0. The lowest BCUT2D eigenvalue weighted by Crippen LogP contribution is -2.04.